The number of benzene rings is 3. The van der Waals surface area contributed by atoms with Crippen LogP contribution in [0.25, 0.3) is 0 Å². The number of para-hydroxylation sites is 1. The lowest BCUT2D eigenvalue weighted by atomic mass is 9.87. The van der Waals surface area contributed by atoms with Gasteiger partial charge in [-0.3, -0.25) is 14.5 Å². The SMILES string of the molecule is CC(C)(C)c1ccc(CN2C(=O)C(=O)c3cccc(Nc4ccc(Cl)cc4)c32)cc1. The molecular formula is C25H23ClN2O2. The lowest BCUT2D eigenvalue weighted by molar-refractivity contribution is -0.114. The first-order chi connectivity index (χ1) is 14.2. The van der Waals surface area contributed by atoms with Gasteiger partial charge in [0.05, 0.1) is 23.5 Å². The number of hydrogen-bond acceptors (Lipinski definition) is 3. The highest BCUT2D eigenvalue weighted by Gasteiger charge is 2.37. The van der Waals surface area contributed by atoms with Crippen molar-refractivity contribution >= 4 is 40.4 Å². The van der Waals surface area contributed by atoms with Crippen LogP contribution in [0.1, 0.15) is 42.3 Å². The van der Waals surface area contributed by atoms with Gasteiger partial charge in [0, 0.05) is 10.7 Å². The molecule has 0 aromatic heterocycles. The Hall–Kier alpha value is -3.11. The van der Waals surface area contributed by atoms with Crippen LogP contribution in [0.4, 0.5) is 17.1 Å². The Morgan fingerprint density at radius 3 is 2.20 bits per heavy atom. The van der Waals surface area contributed by atoms with Gasteiger partial charge in [0.25, 0.3) is 11.7 Å². The molecular weight excluding hydrogens is 396 g/mol. The van der Waals surface area contributed by atoms with Crippen molar-refractivity contribution in [3.05, 3.63) is 88.4 Å². The van der Waals surface area contributed by atoms with Gasteiger partial charge >= 0.3 is 0 Å². The zero-order chi connectivity index (χ0) is 21.5. The van der Waals surface area contributed by atoms with Crippen LogP contribution >= 0.6 is 11.6 Å². The van der Waals surface area contributed by atoms with Crippen LogP contribution in [0.2, 0.25) is 5.02 Å². The first kappa shape index (κ1) is 20.2. The first-order valence-electron chi connectivity index (χ1n) is 9.85. The fourth-order valence-corrected chi connectivity index (χ4v) is 3.72. The molecule has 1 aliphatic heterocycles. The molecule has 4 nitrogen and oxygen atoms in total. The number of halogens is 1. The highest BCUT2D eigenvalue weighted by Crippen LogP contribution is 2.38. The van der Waals surface area contributed by atoms with Gasteiger partial charge in [-0.1, -0.05) is 62.7 Å². The van der Waals surface area contributed by atoms with E-state index in [0.29, 0.717) is 28.5 Å². The van der Waals surface area contributed by atoms with Gasteiger partial charge < -0.3 is 5.32 Å². The van der Waals surface area contributed by atoms with Gasteiger partial charge in [-0.15, -0.1) is 0 Å². The van der Waals surface area contributed by atoms with E-state index in [9.17, 15) is 9.59 Å². The molecule has 4 rings (SSSR count). The third-order valence-electron chi connectivity index (χ3n) is 5.27. The maximum Gasteiger partial charge on any atom is 0.299 e. The number of anilines is 3. The topological polar surface area (TPSA) is 49.4 Å². The number of fused-ring (bicyclic) bond motifs is 1. The Morgan fingerprint density at radius 2 is 1.57 bits per heavy atom. The zero-order valence-corrected chi connectivity index (χ0v) is 18.0. The number of nitrogens with one attached hydrogen (secondary N) is 1. The van der Waals surface area contributed by atoms with Crippen LogP contribution in [0.15, 0.2) is 66.7 Å². The van der Waals surface area contributed by atoms with E-state index < -0.39 is 11.7 Å². The van der Waals surface area contributed by atoms with E-state index in [2.05, 4.69) is 38.2 Å². The van der Waals surface area contributed by atoms with Crippen LogP contribution in [0.3, 0.4) is 0 Å². The van der Waals surface area contributed by atoms with E-state index in [4.69, 9.17) is 11.6 Å². The van der Waals surface area contributed by atoms with Crippen LogP contribution in [0, 0.1) is 0 Å². The Bertz CT molecular complexity index is 1110. The average molecular weight is 419 g/mol. The molecule has 0 spiro atoms. The Balaban J connectivity index is 1.67. The van der Waals surface area contributed by atoms with Gasteiger partial charge in [0.1, 0.15) is 0 Å². The van der Waals surface area contributed by atoms with E-state index in [1.807, 2.05) is 30.3 Å². The minimum Gasteiger partial charge on any atom is -0.354 e. The van der Waals surface area contributed by atoms with Crippen LogP contribution in [0.5, 0.6) is 0 Å². The number of rotatable bonds is 4. The number of carbonyl (C=O) groups excluding carboxylic acids is 2. The van der Waals surface area contributed by atoms with Crippen LogP contribution in [-0.4, -0.2) is 11.7 Å². The molecule has 152 valence electrons. The van der Waals surface area contributed by atoms with Gasteiger partial charge in [0.15, 0.2) is 0 Å². The number of nitrogens with zero attached hydrogens (tertiary/aromatic N) is 1. The molecule has 0 unspecified atom stereocenters. The molecule has 0 saturated heterocycles. The minimum absolute atomic E-state index is 0.0558. The number of ketones is 1. The summed E-state index contributed by atoms with van der Waals surface area (Å²) in [5, 5.41) is 3.96. The van der Waals surface area contributed by atoms with E-state index in [1.165, 1.54) is 5.56 Å². The quantitative estimate of drug-likeness (QED) is 0.520. The van der Waals surface area contributed by atoms with E-state index in [1.54, 1.807) is 29.2 Å². The predicted octanol–water partition coefficient (Wildman–Crippen LogP) is 6.11. The number of carbonyl (C=O) groups is 2. The van der Waals surface area contributed by atoms with E-state index in [-0.39, 0.29) is 5.41 Å². The van der Waals surface area contributed by atoms with Crippen molar-refractivity contribution in [2.24, 2.45) is 0 Å². The minimum atomic E-state index is -0.504. The van der Waals surface area contributed by atoms with Crippen molar-refractivity contribution in [3.63, 3.8) is 0 Å². The second-order valence-electron chi connectivity index (χ2n) is 8.50. The molecule has 0 atom stereocenters. The molecule has 3 aromatic carbocycles. The van der Waals surface area contributed by atoms with Crippen molar-refractivity contribution in [1.82, 2.24) is 0 Å². The highest BCUT2D eigenvalue weighted by molar-refractivity contribution is 6.52. The summed E-state index contributed by atoms with van der Waals surface area (Å²) >= 11 is 5.97. The smallest absolute Gasteiger partial charge is 0.299 e. The molecule has 0 saturated carbocycles. The van der Waals surface area contributed by atoms with E-state index >= 15 is 0 Å². The van der Waals surface area contributed by atoms with Gasteiger partial charge in [-0.05, 0) is 52.9 Å². The maximum absolute atomic E-state index is 12.8. The lowest BCUT2D eigenvalue weighted by Gasteiger charge is -2.22. The molecule has 5 heteroatoms. The molecule has 30 heavy (non-hydrogen) atoms. The number of amides is 1. The monoisotopic (exact) mass is 418 g/mol. The standard InChI is InChI=1S/C25H23ClN2O2/c1-25(2,3)17-9-7-16(8-10-17)15-28-22-20(23(29)24(28)30)5-4-6-21(22)27-19-13-11-18(26)12-14-19/h4-14,27H,15H2,1-3H3. The summed E-state index contributed by atoms with van der Waals surface area (Å²) in [6.07, 6.45) is 0. The molecule has 1 aliphatic rings. The fourth-order valence-electron chi connectivity index (χ4n) is 3.59. The molecule has 1 N–H and O–H groups in total. The van der Waals surface area contributed by atoms with Crippen molar-refractivity contribution in [2.45, 2.75) is 32.7 Å². The Kier molecular flexibility index (Phi) is 5.12. The van der Waals surface area contributed by atoms with Crippen LogP contribution in [-0.2, 0) is 16.8 Å². The second kappa shape index (κ2) is 7.62. The van der Waals surface area contributed by atoms with Crippen LogP contribution < -0.4 is 10.2 Å². The molecule has 0 radical (unpaired) electrons. The molecule has 1 heterocycles. The summed E-state index contributed by atoms with van der Waals surface area (Å²) in [6.45, 7) is 6.82. The fraction of sp³-hybridized carbons (Fsp3) is 0.200. The number of Topliss-reactive ketones (excluding diaryl/α,β-unsaturated/α-hetero) is 1. The summed E-state index contributed by atoms with van der Waals surface area (Å²) in [5.41, 5.74) is 4.82. The molecule has 0 aliphatic carbocycles. The predicted molar refractivity (Wildman–Crippen MR) is 122 cm³/mol. The lowest BCUT2D eigenvalue weighted by Crippen LogP contribution is -2.29. The molecule has 0 bridgehead atoms. The summed E-state index contributed by atoms with van der Waals surface area (Å²) in [7, 11) is 0. The van der Waals surface area contributed by atoms with Gasteiger partial charge in [0.2, 0.25) is 0 Å². The van der Waals surface area contributed by atoms with Gasteiger partial charge in [-0.2, -0.15) is 0 Å². The maximum atomic E-state index is 12.8. The molecule has 3 aromatic rings. The summed E-state index contributed by atoms with van der Waals surface area (Å²) < 4.78 is 0. The summed E-state index contributed by atoms with van der Waals surface area (Å²) in [4.78, 5) is 26.9. The summed E-state index contributed by atoms with van der Waals surface area (Å²) in [5.74, 6) is -0.980. The van der Waals surface area contributed by atoms with Gasteiger partial charge in [-0.25, -0.2) is 0 Å². The largest absolute Gasteiger partial charge is 0.354 e. The average Bonchev–Trinajstić information content (AvgIpc) is 2.95. The van der Waals surface area contributed by atoms with Crippen molar-refractivity contribution in [1.29, 1.82) is 0 Å². The molecule has 1 amide bonds. The normalized spacial score (nSPS) is 13.5. The Labute approximate surface area is 181 Å². The first-order valence-corrected chi connectivity index (χ1v) is 10.2. The third kappa shape index (κ3) is 3.83. The second-order valence-corrected chi connectivity index (χ2v) is 8.94. The number of hydrogen-bond donors (Lipinski definition) is 1. The van der Waals surface area contributed by atoms with Crippen molar-refractivity contribution in [3.8, 4) is 0 Å². The molecule has 0 fully saturated rings. The van der Waals surface area contributed by atoms with Crippen molar-refractivity contribution in [2.75, 3.05) is 10.2 Å². The van der Waals surface area contributed by atoms with Crippen molar-refractivity contribution < 1.29 is 9.59 Å². The summed E-state index contributed by atoms with van der Waals surface area (Å²) in [6, 6.07) is 20.8. The van der Waals surface area contributed by atoms with E-state index in [0.717, 1.165) is 11.3 Å². The highest BCUT2D eigenvalue weighted by atomic mass is 35.5. The third-order valence-corrected chi connectivity index (χ3v) is 5.53. The zero-order valence-electron chi connectivity index (χ0n) is 17.2. The Morgan fingerprint density at radius 1 is 0.900 bits per heavy atom.